The van der Waals surface area contributed by atoms with Crippen molar-refractivity contribution in [3.05, 3.63) is 53.8 Å². The summed E-state index contributed by atoms with van der Waals surface area (Å²) in [6, 6.07) is 9.63. The molecule has 0 radical (unpaired) electrons. The molecule has 0 saturated carbocycles. The van der Waals surface area contributed by atoms with E-state index in [1.165, 1.54) is 19.2 Å². The lowest BCUT2D eigenvalue weighted by molar-refractivity contribution is -0.157. The third kappa shape index (κ3) is 6.56. The van der Waals surface area contributed by atoms with Gasteiger partial charge in [-0.15, -0.1) is 0 Å². The molecule has 0 spiro atoms. The van der Waals surface area contributed by atoms with Crippen LogP contribution in [0.25, 0.3) is 11.1 Å². The van der Waals surface area contributed by atoms with Gasteiger partial charge in [-0.2, -0.15) is 0 Å². The monoisotopic (exact) mass is 417 g/mol. The molecule has 0 saturated heterocycles. The van der Waals surface area contributed by atoms with Gasteiger partial charge in [0.05, 0.1) is 7.11 Å². The van der Waals surface area contributed by atoms with Crippen molar-refractivity contribution in [3.63, 3.8) is 0 Å². The van der Waals surface area contributed by atoms with Gasteiger partial charge in [0, 0.05) is 5.56 Å². The topological polar surface area (TPSA) is 84.9 Å². The summed E-state index contributed by atoms with van der Waals surface area (Å²) in [5, 5.41) is 12.4. The lowest BCUT2D eigenvalue weighted by Crippen LogP contribution is -2.48. The number of carboxylic acid groups (broad SMARTS) is 1. The lowest BCUT2D eigenvalue weighted by atomic mass is 9.99. The maximum atomic E-state index is 13.6. The molecule has 1 unspecified atom stereocenters. The first-order valence-electron chi connectivity index (χ1n) is 9.64. The smallest absolute Gasteiger partial charge is 0.323 e. The minimum atomic E-state index is -1.07. The van der Waals surface area contributed by atoms with Crippen molar-refractivity contribution >= 4 is 11.9 Å². The molecule has 0 aliphatic heterocycles. The van der Waals surface area contributed by atoms with Crippen molar-refractivity contribution in [2.24, 2.45) is 0 Å². The first kappa shape index (κ1) is 23.3. The van der Waals surface area contributed by atoms with Crippen LogP contribution in [0.15, 0.2) is 42.5 Å². The number of carbonyl (C=O) groups excluding carboxylic acids is 1. The Labute approximate surface area is 176 Å². The van der Waals surface area contributed by atoms with Crippen LogP contribution in [0, 0.1) is 5.82 Å². The van der Waals surface area contributed by atoms with E-state index in [2.05, 4.69) is 5.32 Å². The molecule has 0 aliphatic carbocycles. The molecule has 2 aromatic rings. The van der Waals surface area contributed by atoms with E-state index in [-0.39, 0.29) is 12.2 Å². The quantitative estimate of drug-likeness (QED) is 0.636. The van der Waals surface area contributed by atoms with Gasteiger partial charge in [0.2, 0.25) is 0 Å². The summed E-state index contributed by atoms with van der Waals surface area (Å²) in [5.41, 5.74) is 1.46. The molecule has 0 aromatic heterocycles. The van der Waals surface area contributed by atoms with Gasteiger partial charge in [0.25, 0.3) is 0 Å². The van der Waals surface area contributed by atoms with E-state index in [9.17, 15) is 19.1 Å². The molecule has 2 rings (SSSR count). The number of halogens is 1. The van der Waals surface area contributed by atoms with Crippen molar-refractivity contribution in [3.8, 4) is 16.9 Å². The van der Waals surface area contributed by atoms with Gasteiger partial charge >= 0.3 is 11.9 Å². The van der Waals surface area contributed by atoms with E-state index in [1.807, 2.05) is 0 Å². The maximum absolute atomic E-state index is 13.6. The van der Waals surface area contributed by atoms with E-state index in [0.29, 0.717) is 11.3 Å². The van der Waals surface area contributed by atoms with Gasteiger partial charge in [-0.05, 0) is 63.4 Å². The van der Waals surface area contributed by atoms with E-state index in [4.69, 9.17) is 9.47 Å². The van der Waals surface area contributed by atoms with E-state index in [0.717, 1.165) is 11.1 Å². The number of benzene rings is 2. The first-order valence-corrected chi connectivity index (χ1v) is 9.64. The summed E-state index contributed by atoms with van der Waals surface area (Å²) in [4.78, 5) is 23.8. The fourth-order valence-electron chi connectivity index (χ4n) is 2.94. The Kier molecular flexibility index (Phi) is 7.56. The molecule has 2 atom stereocenters. The number of carboxylic acids is 1. The summed E-state index contributed by atoms with van der Waals surface area (Å²) < 4.78 is 24.2. The average molecular weight is 417 g/mol. The molecule has 0 heterocycles. The van der Waals surface area contributed by atoms with Crippen LogP contribution in [0.5, 0.6) is 5.75 Å². The number of methoxy groups -OCH3 is 1. The SMILES string of the molecule is COc1ccc(F)cc1-c1ccc(CC(N[C@@H](C)C(=O)OC(C)(C)C)C(=O)O)cc1. The number of aliphatic carboxylic acids is 1. The Bertz CT molecular complexity index is 889. The zero-order chi connectivity index (χ0) is 22.5. The predicted octanol–water partition coefficient (Wildman–Crippen LogP) is 3.82. The minimum Gasteiger partial charge on any atom is -0.496 e. The van der Waals surface area contributed by atoms with Gasteiger partial charge in [-0.25, -0.2) is 4.39 Å². The van der Waals surface area contributed by atoms with Crippen LogP contribution in [0.3, 0.4) is 0 Å². The molecule has 0 fully saturated rings. The van der Waals surface area contributed by atoms with Crippen molar-refractivity contribution < 1.29 is 28.6 Å². The minimum absolute atomic E-state index is 0.170. The largest absolute Gasteiger partial charge is 0.496 e. The number of nitrogens with one attached hydrogen (secondary N) is 1. The van der Waals surface area contributed by atoms with Gasteiger partial charge in [-0.1, -0.05) is 24.3 Å². The van der Waals surface area contributed by atoms with Gasteiger partial charge < -0.3 is 14.6 Å². The third-order valence-electron chi connectivity index (χ3n) is 4.38. The third-order valence-corrected chi connectivity index (χ3v) is 4.38. The Morgan fingerprint density at radius 2 is 1.77 bits per heavy atom. The van der Waals surface area contributed by atoms with E-state index < -0.39 is 29.6 Å². The predicted molar refractivity (Wildman–Crippen MR) is 112 cm³/mol. The Morgan fingerprint density at radius 1 is 1.13 bits per heavy atom. The Hall–Kier alpha value is -2.93. The molecule has 2 N–H and O–H groups in total. The van der Waals surface area contributed by atoms with Crippen molar-refractivity contribution in [2.75, 3.05) is 7.11 Å². The highest BCUT2D eigenvalue weighted by Gasteiger charge is 2.27. The lowest BCUT2D eigenvalue weighted by Gasteiger charge is -2.24. The highest BCUT2D eigenvalue weighted by Crippen LogP contribution is 2.30. The van der Waals surface area contributed by atoms with E-state index >= 15 is 0 Å². The zero-order valence-electron chi connectivity index (χ0n) is 17.9. The number of esters is 1. The van der Waals surface area contributed by atoms with Crippen molar-refractivity contribution in [1.29, 1.82) is 0 Å². The Morgan fingerprint density at radius 3 is 2.30 bits per heavy atom. The molecular weight excluding hydrogens is 389 g/mol. The molecule has 30 heavy (non-hydrogen) atoms. The summed E-state index contributed by atoms with van der Waals surface area (Å²) in [6.07, 6.45) is 0.170. The molecule has 7 heteroatoms. The summed E-state index contributed by atoms with van der Waals surface area (Å²) in [6.45, 7) is 6.83. The van der Waals surface area contributed by atoms with Gasteiger partial charge in [0.1, 0.15) is 29.3 Å². The second-order valence-corrected chi connectivity index (χ2v) is 8.06. The molecule has 0 aliphatic rings. The fraction of sp³-hybridized carbons (Fsp3) is 0.391. The van der Waals surface area contributed by atoms with Crippen LogP contribution in [-0.2, 0) is 20.7 Å². The zero-order valence-corrected chi connectivity index (χ0v) is 17.9. The molecule has 0 amide bonds. The number of rotatable bonds is 8. The highest BCUT2D eigenvalue weighted by molar-refractivity contribution is 5.79. The van der Waals surface area contributed by atoms with E-state index in [1.54, 1.807) is 58.0 Å². The van der Waals surface area contributed by atoms with Crippen LogP contribution >= 0.6 is 0 Å². The molecule has 0 bridgehead atoms. The maximum Gasteiger partial charge on any atom is 0.323 e. The standard InChI is InChI=1S/C23H28FNO5/c1-14(22(28)30-23(2,3)4)25-19(21(26)27)12-15-6-8-16(9-7-15)18-13-17(24)10-11-20(18)29-5/h6-11,13-14,19,25H,12H2,1-5H3,(H,26,27)/t14-,19?/m0/s1. The van der Waals surface area contributed by atoms with Crippen LogP contribution < -0.4 is 10.1 Å². The van der Waals surface area contributed by atoms with Gasteiger partial charge in [0.15, 0.2) is 0 Å². The second kappa shape index (κ2) is 9.71. The molecule has 162 valence electrons. The number of hydrogen-bond acceptors (Lipinski definition) is 5. The normalized spacial score (nSPS) is 13.4. The summed E-state index contributed by atoms with van der Waals surface area (Å²) >= 11 is 0. The highest BCUT2D eigenvalue weighted by atomic mass is 19.1. The molecule has 6 nitrogen and oxygen atoms in total. The molecule has 2 aromatic carbocycles. The van der Waals surface area contributed by atoms with Crippen LogP contribution in [0.4, 0.5) is 4.39 Å². The fourth-order valence-corrected chi connectivity index (χ4v) is 2.94. The van der Waals surface area contributed by atoms with Crippen molar-refractivity contribution in [2.45, 2.75) is 51.8 Å². The second-order valence-electron chi connectivity index (χ2n) is 8.06. The number of carbonyl (C=O) groups is 2. The molecular formula is C23H28FNO5. The summed E-state index contributed by atoms with van der Waals surface area (Å²) in [7, 11) is 1.51. The van der Waals surface area contributed by atoms with Crippen LogP contribution in [0.1, 0.15) is 33.3 Å². The van der Waals surface area contributed by atoms with Gasteiger partial charge in [-0.3, -0.25) is 14.9 Å². The number of ether oxygens (including phenoxy) is 2. The first-order chi connectivity index (χ1) is 14.0. The average Bonchev–Trinajstić information content (AvgIpc) is 2.66. The summed E-state index contributed by atoms with van der Waals surface area (Å²) in [5.74, 6) is -1.41. The number of hydrogen-bond donors (Lipinski definition) is 2. The van der Waals surface area contributed by atoms with Crippen molar-refractivity contribution in [1.82, 2.24) is 5.32 Å². The van der Waals surface area contributed by atoms with Crippen LogP contribution in [-0.4, -0.2) is 41.8 Å². The Balaban J connectivity index is 2.12. The van der Waals surface area contributed by atoms with Crippen LogP contribution in [0.2, 0.25) is 0 Å².